The molecule has 1 aliphatic rings. The SMILES string of the molecule is O=C(NCCN(C(=O)C1CCCCC1)c1nnc(CCC(F)(F)F)o1)c1cn(-c2ccccc2)nc1C(F)(F)F. The highest BCUT2D eigenvalue weighted by molar-refractivity contribution is 5.96. The van der Waals surface area contributed by atoms with Gasteiger partial charge in [0.05, 0.1) is 17.7 Å². The molecule has 2 amide bonds. The Morgan fingerprint density at radius 3 is 2.38 bits per heavy atom. The smallest absolute Gasteiger partial charge is 0.408 e. The van der Waals surface area contributed by atoms with Crippen LogP contribution in [0.5, 0.6) is 0 Å². The highest BCUT2D eigenvalue weighted by Gasteiger charge is 2.39. The zero-order chi connectivity index (χ0) is 28.9. The van der Waals surface area contributed by atoms with Gasteiger partial charge in [-0.25, -0.2) is 4.68 Å². The van der Waals surface area contributed by atoms with Gasteiger partial charge in [0.2, 0.25) is 11.8 Å². The largest absolute Gasteiger partial charge is 0.435 e. The van der Waals surface area contributed by atoms with Crippen molar-refractivity contribution in [2.75, 3.05) is 18.0 Å². The fraction of sp³-hybridized carbons (Fsp3) is 0.480. The Kier molecular flexibility index (Phi) is 8.79. The third kappa shape index (κ3) is 7.39. The molecule has 0 atom stereocenters. The lowest BCUT2D eigenvalue weighted by atomic mass is 9.88. The Morgan fingerprint density at radius 1 is 1.02 bits per heavy atom. The molecule has 1 aliphatic carbocycles. The quantitative estimate of drug-likeness (QED) is 0.357. The summed E-state index contributed by atoms with van der Waals surface area (Å²) in [4.78, 5) is 27.1. The first kappa shape index (κ1) is 29.1. The molecule has 216 valence electrons. The molecule has 1 saturated carbocycles. The van der Waals surface area contributed by atoms with Gasteiger partial charge in [0.15, 0.2) is 5.69 Å². The Hall–Kier alpha value is -3.91. The van der Waals surface area contributed by atoms with Crippen molar-refractivity contribution < 1.29 is 40.3 Å². The van der Waals surface area contributed by atoms with Gasteiger partial charge in [-0.2, -0.15) is 31.4 Å². The molecule has 2 heterocycles. The van der Waals surface area contributed by atoms with E-state index in [0.717, 1.165) is 35.0 Å². The molecule has 0 radical (unpaired) electrons. The number of carbonyl (C=O) groups is 2. The van der Waals surface area contributed by atoms with Crippen LogP contribution in [0.3, 0.4) is 0 Å². The van der Waals surface area contributed by atoms with Crippen LogP contribution in [0, 0.1) is 5.92 Å². The number of hydrogen-bond donors (Lipinski definition) is 1. The Morgan fingerprint density at radius 2 is 1.73 bits per heavy atom. The maximum absolute atomic E-state index is 13.7. The highest BCUT2D eigenvalue weighted by Crippen LogP contribution is 2.32. The normalized spacial score (nSPS) is 14.8. The topological polar surface area (TPSA) is 106 Å². The van der Waals surface area contributed by atoms with E-state index in [1.165, 1.54) is 12.1 Å². The van der Waals surface area contributed by atoms with E-state index < -0.39 is 54.2 Å². The minimum absolute atomic E-state index is 0.254. The fourth-order valence-corrected chi connectivity index (χ4v) is 4.41. The van der Waals surface area contributed by atoms with Crippen LogP contribution >= 0.6 is 0 Å². The monoisotopic (exact) mass is 572 g/mol. The number of aromatic nitrogens is 4. The van der Waals surface area contributed by atoms with Crippen LogP contribution < -0.4 is 10.2 Å². The van der Waals surface area contributed by atoms with Crippen molar-refractivity contribution in [3.8, 4) is 5.69 Å². The van der Waals surface area contributed by atoms with Crippen molar-refractivity contribution in [3.63, 3.8) is 0 Å². The fourth-order valence-electron chi connectivity index (χ4n) is 4.41. The molecule has 40 heavy (non-hydrogen) atoms. The van der Waals surface area contributed by atoms with E-state index in [2.05, 4.69) is 20.6 Å². The summed E-state index contributed by atoms with van der Waals surface area (Å²) in [7, 11) is 0. The van der Waals surface area contributed by atoms with Gasteiger partial charge in [0, 0.05) is 31.6 Å². The molecule has 0 bridgehead atoms. The van der Waals surface area contributed by atoms with E-state index in [-0.39, 0.29) is 25.0 Å². The van der Waals surface area contributed by atoms with E-state index in [1.807, 2.05) is 0 Å². The van der Waals surface area contributed by atoms with Gasteiger partial charge >= 0.3 is 18.4 Å². The minimum atomic E-state index is -4.91. The summed E-state index contributed by atoms with van der Waals surface area (Å²) in [6.45, 7) is -0.554. The lowest BCUT2D eigenvalue weighted by Crippen LogP contribution is -2.42. The second kappa shape index (κ2) is 12.1. The zero-order valence-electron chi connectivity index (χ0n) is 21.1. The number of para-hydroxylation sites is 1. The van der Waals surface area contributed by atoms with Crippen molar-refractivity contribution in [2.24, 2.45) is 5.92 Å². The van der Waals surface area contributed by atoms with Crippen LogP contribution in [-0.2, 0) is 17.4 Å². The lowest BCUT2D eigenvalue weighted by molar-refractivity contribution is -0.141. The summed E-state index contributed by atoms with van der Waals surface area (Å²) in [5.41, 5.74) is -1.78. The Labute approximate surface area is 224 Å². The lowest BCUT2D eigenvalue weighted by Gasteiger charge is -2.26. The number of anilines is 1. The molecule has 0 aliphatic heterocycles. The standard InChI is InChI=1S/C25H26F6N6O3/c26-24(27,28)12-11-19-33-34-23(40-19)36(22(39)16-7-3-1-4-8-16)14-13-32-21(38)18-15-37(17-9-5-2-6-10-17)35-20(18)25(29,30)31/h2,5-6,9-10,15-16H,1,3-4,7-8,11-14H2,(H,32,38). The molecule has 4 rings (SSSR count). The first-order valence-corrected chi connectivity index (χ1v) is 12.6. The predicted octanol–water partition coefficient (Wildman–Crippen LogP) is 5.11. The molecule has 2 aromatic heterocycles. The van der Waals surface area contributed by atoms with Gasteiger partial charge in [0.25, 0.3) is 5.91 Å². The van der Waals surface area contributed by atoms with Gasteiger partial charge in [-0.05, 0) is 25.0 Å². The van der Waals surface area contributed by atoms with Gasteiger partial charge < -0.3 is 9.73 Å². The van der Waals surface area contributed by atoms with Gasteiger partial charge in [0.1, 0.15) is 0 Å². The van der Waals surface area contributed by atoms with Crippen molar-refractivity contribution in [2.45, 2.75) is 57.3 Å². The average molecular weight is 573 g/mol. The molecule has 3 aromatic rings. The van der Waals surface area contributed by atoms with Crippen molar-refractivity contribution in [1.29, 1.82) is 0 Å². The molecule has 0 unspecified atom stereocenters. The molecule has 1 aromatic carbocycles. The average Bonchev–Trinajstić information content (AvgIpc) is 3.58. The van der Waals surface area contributed by atoms with E-state index in [0.29, 0.717) is 18.5 Å². The number of nitrogens with one attached hydrogen (secondary N) is 1. The van der Waals surface area contributed by atoms with Crippen molar-refractivity contribution in [1.82, 2.24) is 25.3 Å². The molecule has 9 nitrogen and oxygen atoms in total. The molecule has 1 N–H and O–H groups in total. The number of rotatable bonds is 9. The number of aryl methyl sites for hydroxylation is 1. The predicted molar refractivity (Wildman–Crippen MR) is 129 cm³/mol. The van der Waals surface area contributed by atoms with Crippen LogP contribution in [0.2, 0.25) is 0 Å². The molecule has 0 saturated heterocycles. The van der Waals surface area contributed by atoms with Crippen LogP contribution in [0.25, 0.3) is 5.69 Å². The summed E-state index contributed by atoms with van der Waals surface area (Å²) in [5, 5.41) is 13.2. The second-order valence-electron chi connectivity index (χ2n) is 9.34. The summed E-state index contributed by atoms with van der Waals surface area (Å²) in [6, 6.07) is 7.60. The zero-order valence-corrected chi connectivity index (χ0v) is 21.1. The van der Waals surface area contributed by atoms with Crippen LogP contribution in [0.1, 0.15) is 60.5 Å². The third-order valence-electron chi connectivity index (χ3n) is 6.40. The molecule has 15 heteroatoms. The van der Waals surface area contributed by atoms with E-state index in [4.69, 9.17) is 4.42 Å². The summed E-state index contributed by atoms with van der Waals surface area (Å²) in [5.74, 6) is -2.19. The summed E-state index contributed by atoms with van der Waals surface area (Å²) in [6.07, 6.45) is -6.41. The number of halogens is 6. The van der Waals surface area contributed by atoms with E-state index in [1.54, 1.807) is 18.2 Å². The minimum Gasteiger partial charge on any atom is -0.408 e. The number of alkyl halides is 6. The van der Waals surface area contributed by atoms with Gasteiger partial charge in [-0.3, -0.25) is 14.5 Å². The number of amides is 2. The molecule has 1 fully saturated rings. The van der Waals surface area contributed by atoms with E-state index in [9.17, 15) is 35.9 Å². The van der Waals surface area contributed by atoms with Gasteiger partial charge in [-0.15, -0.1) is 5.10 Å². The number of benzene rings is 1. The Balaban J connectivity index is 1.49. The third-order valence-corrected chi connectivity index (χ3v) is 6.40. The van der Waals surface area contributed by atoms with Crippen LogP contribution in [-0.4, -0.2) is 51.1 Å². The molecule has 0 spiro atoms. The maximum Gasteiger partial charge on any atom is 0.435 e. The molecular formula is C25H26F6N6O3. The van der Waals surface area contributed by atoms with Crippen LogP contribution in [0.15, 0.2) is 40.9 Å². The number of carbonyl (C=O) groups excluding carboxylic acids is 2. The van der Waals surface area contributed by atoms with Gasteiger partial charge in [-0.1, -0.05) is 42.6 Å². The Bertz CT molecular complexity index is 1300. The number of hydrogen-bond acceptors (Lipinski definition) is 6. The first-order valence-electron chi connectivity index (χ1n) is 12.6. The van der Waals surface area contributed by atoms with Crippen molar-refractivity contribution >= 4 is 17.8 Å². The summed E-state index contributed by atoms with van der Waals surface area (Å²) >= 11 is 0. The second-order valence-corrected chi connectivity index (χ2v) is 9.34. The highest BCUT2D eigenvalue weighted by atomic mass is 19.4. The van der Waals surface area contributed by atoms with Crippen molar-refractivity contribution in [3.05, 3.63) is 53.7 Å². The van der Waals surface area contributed by atoms with Crippen LogP contribution in [0.4, 0.5) is 32.4 Å². The van der Waals surface area contributed by atoms with E-state index >= 15 is 0 Å². The maximum atomic E-state index is 13.7. The molecular weight excluding hydrogens is 546 g/mol. The number of nitrogens with zero attached hydrogens (tertiary/aromatic N) is 5. The summed E-state index contributed by atoms with van der Waals surface area (Å²) < 4.78 is 85.0. The first-order chi connectivity index (χ1) is 18.9.